The van der Waals surface area contributed by atoms with E-state index in [0.717, 1.165) is 12.0 Å². The van der Waals surface area contributed by atoms with Crippen LogP contribution in [-0.4, -0.2) is 24.0 Å². The molecule has 82 valence electrons. The molecular weight excluding hydrogens is 195 g/mol. The van der Waals surface area contributed by atoms with Gasteiger partial charge in [0, 0.05) is 12.2 Å². The van der Waals surface area contributed by atoms with E-state index in [-0.39, 0.29) is 0 Å². The first-order chi connectivity index (χ1) is 7.24. The zero-order valence-corrected chi connectivity index (χ0v) is 8.72. The van der Waals surface area contributed by atoms with Gasteiger partial charge in [0.1, 0.15) is 5.75 Å². The molecule has 0 unspecified atom stereocenters. The molecular formula is C10H15BO4. The van der Waals surface area contributed by atoms with E-state index >= 15 is 0 Å². The SMILES string of the molecule is CCCOCc1ccccc1OB(O)O. The second kappa shape index (κ2) is 6.45. The second-order valence-electron chi connectivity index (χ2n) is 3.10. The van der Waals surface area contributed by atoms with Gasteiger partial charge < -0.3 is 19.4 Å². The molecule has 0 aromatic heterocycles. The molecule has 4 nitrogen and oxygen atoms in total. The maximum absolute atomic E-state index is 8.69. The lowest BCUT2D eigenvalue weighted by Gasteiger charge is -2.10. The molecule has 0 aliphatic rings. The van der Waals surface area contributed by atoms with Crippen molar-refractivity contribution < 1.29 is 19.4 Å². The highest BCUT2D eigenvalue weighted by Gasteiger charge is 2.13. The Morgan fingerprint density at radius 1 is 1.27 bits per heavy atom. The Morgan fingerprint density at radius 3 is 2.67 bits per heavy atom. The van der Waals surface area contributed by atoms with E-state index < -0.39 is 7.32 Å². The molecule has 0 atom stereocenters. The summed E-state index contributed by atoms with van der Waals surface area (Å²) in [6, 6.07) is 7.11. The smallest absolute Gasteiger partial charge is 0.512 e. The lowest BCUT2D eigenvalue weighted by atomic mass is 10.2. The summed E-state index contributed by atoms with van der Waals surface area (Å²) in [5, 5.41) is 17.4. The Labute approximate surface area is 89.6 Å². The van der Waals surface area contributed by atoms with Crippen molar-refractivity contribution in [3.8, 4) is 5.75 Å². The fourth-order valence-electron chi connectivity index (χ4n) is 1.18. The Morgan fingerprint density at radius 2 is 2.00 bits per heavy atom. The van der Waals surface area contributed by atoms with Crippen LogP contribution in [0.1, 0.15) is 18.9 Å². The molecule has 0 aliphatic heterocycles. The molecule has 0 saturated carbocycles. The minimum atomic E-state index is -1.79. The van der Waals surface area contributed by atoms with Gasteiger partial charge in [-0.3, -0.25) is 0 Å². The van der Waals surface area contributed by atoms with E-state index in [1.165, 1.54) is 0 Å². The van der Waals surface area contributed by atoms with Crippen LogP contribution in [-0.2, 0) is 11.3 Å². The Hall–Kier alpha value is -1.04. The first kappa shape index (κ1) is 12.0. The molecule has 2 N–H and O–H groups in total. The van der Waals surface area contributed by atoms with E-state index in [2.05, 4.69) is 0 Å². The molecule has 0 saturated heterocycles. The van der Waals surface area contributed by atoms with Crippen LogP contribution < -0.4 is 4.65 Å². The highest BCUT2D eigenvalue weighted by atomic mass is 16.6. The summed E-state index contributed by atoms with van der Waals surface area (Å²) in [7, 11) is -1.79. The molecule has 0 fully saturated rings. The van der Waals surface area contributed by atoms with Crippen molar-refractivity contribution in [2.75, 3.05) is 6.61 Å². The van der Waals surface area contributed by atoms with Gasteiger partial charge in [-0.2, -0.15) is 0 Å². The normalized spacial score (nSPS) is 10.1. The maximum Gasteiger partial charge on any atom is 0.707 e. The topological polar surface area (TPSA) is 58.9 Å². The average Bonchev–Trinajstić information content (AvgIpc) is 2.20. The van der Waals surface area contributed by atoms with Crippen molar-refractivity contribution in [1.82, 2.24) is 0 Å². The van der Waals surface area contributed by atoms with E-state index in [9.17, 15) is 0 Å². The molecule has 0 bridgehead atoms. The highest BCUT2D eigenvalue weighted by molar-refractivity contribution is 6.33. The van der Waals surface area contributed by atoms with Crippen molar-refractivity contribution in [2.24, 2.45) is 0 Å². The third kappa shape index (κ3) is 4.33. The monoisotopic (exact) mass is 210 g/mol. The summed E-state index contributed by atoms with van der Waals surface area (Å²) in [6.07, 6.45) is 0.950. The van der Waals surface area contributed by atoms with E-state index in [4.69, 9.17) is 19.4 Å². The average molecular weight is 210 g/mol. The predicted octanol–water partition coefficient (Wildman–Crippen LogP) is 0.962. The first-order valence-corrected chi connectivity index (χ1v) is 4.92. The van der Waals surface area contributed by atoms with Gasteiger partial charge in [-0.25, -0.2) is 0 Å². The number of benzene rings is 1. The molecule has 1 aromatic carbocycles. The van der Waals surface area contributed by atoms with Crippen molar-refractivity contribution >= 4 is 7.32 Å². The van der Waals surface area contributed by atoms with Crippen LogP contribution in [0.3, 0.4) is 0 Å². The summed E-state index contributed by atoms with van der Waals surface area (Å²) >= 11 is 0. The molecule has 15 heavy (non-hydrogen) atoms. The second-order valence-corrected chi connectivity index (χ2v) is 3.10. The first-order valence-electron chi connectivity index (χ1n) is 4.92. The van der Waals surface area contributed by atoms with E-state index in [1.807, 2.05) is 19.1 Å². The van der Waals surface area contributed by atoms with E-state index in [0.29, 0.717) is 19.0 Å². The van der Waals surface area contributed by atoms with Crippen molar-refractivity contribution in [2.45, 2.75) is 20.0 Å². The van der Waals surface area contributed by atoms with Crippen LogP contribution in [0.15, 0.2) is 24.3 Å². The van der Waals surface area contributed by atoms with Gasteiger partial charge in [-0.1, -0.05) is 25.1 Å². The number of ether oxygens (including phenoxy) is 1. The largest absolute Gasteiger partial charge is 0.707 e. The third-order valence-corrected chi connectivity index (χ3v) is 1.81. The number of rotatable bonds is 6. The summed E-state index contributed by atoms with van der Waals surface area (Å²) in [5.74, 6) is 0.434. The van der Waals surface area contributed by atoms with Gasteiger partial charge in [-0.05, 0) is 12.5 Å². The summed E-state index contributed by atoms with van der Waals surface area (Å²) in [4.78, 5) is 0. The molecule has 0 radical (unpaired) electrons. The number of para-hydroxylation sites is 1. The van der Waals surface area contributed by atoms with Crippen LogP contribution in [0.25, 0.3) is 0 Å². The van der Waals surface area contributed by atoms with Crippen molar-refractivity contribution in [3.05, 3.63) is 29.8 Å². The quantitative estimate of drug-likeness (QED) is 0.542. The molecule has 0 aliphatic carbocycles. The highest BCUT2D eigenvalue weighted by Crippen LogP contribution is 2.18. The summed E-state index contributed by atoms with van der Waals surface area (Å²) in [5.41, 5.74) is 0.805. The number of hydrogen-bond donors (Lipinski definition) is 2. The molecule has 5 heteroatoms. The summed E-state index contributed by atoms with van der Waals surface area (Å²) < 4.78 is 10.2. The minimum Gasteiger partial charge on any atom is -0.512 e. The molecule has 1 aromatic rings. The van der Waals surface area contributed by atoms with Crippen LogP contribution in [0.4, 0.5) is 0 Å². The van der Waals surface area contributed by atoms with Gasteiger partial charge >= 0.3 is 7.32 Å². The Kier molecular flexibility index (Phi) is 5.17. The van der Waals surface area contributed by atoms with Crippen molar-refractivity contribution in [1.29, 1.82) is 0 Å². The molecule has 0 spiro atoms. The van der Waals surface area contributed by atoms with Gasteiger partial charge in [0.05, 0.1) is 6.61 Å². The van der Waals surface area contributed by atoms with Crippen LogP contribution in [0.5, 0.6) is 5.75 Å². The molecule has 0 amide bonds. The van der Waals surface area contributed by atoms with Crippen LogP contribution >= 0.6 is 0 Å². The zero-order chi connectivity index (χ0) is 11.1. The van der Waals surface area contributed by atoms with Gasteiger partial charge in [0.25, 0.3) is 0 Å². The van der Waals surface area contributed by atoms with Gasteiger partial charge in [0.15, 0.2) is 0 Å². The van der Waals surface area contributed by atoms with Crippen LogP contribution in [0, 0.1) is 0 Å². The fourth-order valence-corrected chi connectivity index (χ4v) is 1.18. The van der Waals surface area contributed by atoms with Gasteiger partial charge in [-0.15, -0.1) is 0 Å². The van der Waals surface area contributed by atoms with Crippen molar-refractivity contribution in [3.63, 3.8) is 0 Å². The lowest BCUT2D eigenvalue weighted by molar-refractivity contribution is 0.120. The van der Waals surface area contributed by atoms with Crippen LogP contribution in [0.2, 0.25) is 0 Å². The Bertz CT molecular complexity index is 291. The standard InChI is InChI=1S/C10H15BO4/c1-2-7-14-8-9-5-3-4-6-10(9)15-11(12)13/h3-6,12-13H,2,7-8H2,1H3. The maximum atomic E-state index is 8.69. The third-order valence-electron chi connectivity index (χ3n) is 1.81. The minimum absolute atomic E-state index is 0.413. The van der Waals surface area contributed by atoms with E-state index in [1.54, 1.807) is 12.1 Å². The lowest BCUT2D eigenvalue weighted by Crippen LogP contribution is -2.21. The zero-order valence-electron chi connectivity index (χ0n) is 8.72. The molecule has 0 heterocycles. The van der Waals surface area contributed by atoms with Gasteiger partial charge in [0.2, 0.25) is 0 Å². The fraction of sp³-hybridized carbons (Fsp3) is 0.400. The predicted molar refractivity (Wildman–Crippen MR) is 57.2 cm³/mol. The molecule has 1 rings (SSSR count). The summed E-state index contributed by atoms with van der Waals surface area (Å²) in [6.45, 7) is 3.12. The number of hydrogen-bond acceptors (Lipinski definition) is 4. The Balaban J connectivity index is 2.60.